The molecule has 10 heteroatoms. The Hall–Kier alpha value is -3.04. The summed E-state index contributed by atoms with van der Waals surface area (Å²) in [6.07, 6.45) is -2.25. The third kappa shape index (κ3) is 4.58. The third-order valence-electron chi connectivity index (χ3n) is 5.38. The third-order valence-corrected chi connectivity index (χ3v) is 5.38. The monoisotopic (exact) mass is 426 g/mol. The van der Waals surface area contributed by atoms with Crippen LogP contribution in [0.1, 0.15) is 48.3 Å². The molecule has 2 aliphatic rings. The van der Waals surface area contributed by atoms with Crippen molar-refractivity contribution in [3.05, 3.63) is 46.2 Å². The Morgan fingerprint density at radius 1 is 1.23 bits per heavy atom. The van der Waals surface area contributed by atoms with Crippen LogP contribution in [0.25, 0.3) is 0 Å². The number of carbonyl (C=O) groups excluding carboxylic acids is 2. The molecule has 0 spiro atoms. The smallest absolute Gasteiger partial charge is 0.416 e. The van der Waals surface area contributed by atoms with Crippen LogP contribution in [0.4, 0.5) is 13.2 Å². The van der Waals surface area contributed by atoms with E-state index in [0.29, 0.717) is 18.4 Å². The first-order valence-electron chi connectivity index (χ1n) is 9.49. The lowest BCUT2D eigenvalue weighted by Gasteiger charge is -2.31. The van der Waals surface area contributed by atoms with Crippen molar-refractivity contribution in [3.8, 4) is 0 Å². The van der Waals surface area contributed by atoms with Gasteiger partial charge in [-0.3, -0.25) is 14.4 Å². The summed E-state index contributed by atoms with van der Waals surface area (Å²) in [4.78, 5) is 36.6. The molecule has 1 heterocycles. The number of aliphatic hydroxyl groups is 1. The number of hydrogen-bond donors (Lipinski definition) is 3. The van der Waals surface area contributed by atoms with Crippen LogP contribution in [0.3, 0.4) is 0 Å². The zero-order valence-corrected chi connectivity index (χ0v) is 16.0. The highest BCUT2D eigenvalue weighted by atomic mass is 19.4. The van der Waals surface area contributed by atoms with Gasteiger partial charge in [0.1, 0.15) is 17.9 Å². The number of halogens is 3. The summed E-state index contributed by atoms with van der Waals surface area (Å²) in [7, 11) is 0. The van der Waals surface area contributed by atoms with E-state index in [1.807, 2.05) is 5.32 Å². The minimum Gasteiger partial charge on any atom is -0.511 e. The number of benzene rings is 1. The molecule has 0 radical (unpaired) electrons. The van der Waals surface area contributed by atoms with E-state index in [2.05, 4.69) is 0 Å². The highest BCUT2D eigenvalue weighted by Gasteiger charge is 2.37. The highest BCUT2D eigenvalue weighted by molar-refractivity contribution is 6.19. The molecule has 2 amide bonds. The van der Waals surface area contributed by atoms with E-state index in [4.69, 9.17) is 5.11 Å². The molecule has 30 heavy (non-hydrogen) atoms. The van der Waals surface area contributed by atoms with Crippen molar-refractivity contribution in [2.24, 2.45) is 0 Å². The predicted octanol–water partition coefficient (Wildman–Crippen LogP) is 2.72. The minimum atomic E-state index is -4.46. The Bertz CT molecular complexity index is 906. The summed E-state index contributed by atoms with van der Waals surface area (Å²) in [6.45, 7) is -0.660. The summed E-state index contributed by atoms with van der Waals surface area (Å²) in [5, 5.41) is 20.6. The van der Waals surface area contributed by atoms with Crippen molar-refractivity contribution in [3.63, 3.8) is 0 Å². The van der Waals surface area contributed by atoms with Crippen LogP contribution in [-0.2, 0) is 27.1 Å². The highest BCUT2D eigenvalue weighted by Crippen LogP contribution is 2.43. The summed E-state index contributed by atoms with van der Waals surface area (Å²) in [6, 6.07) is 3.79. The van der Waals surface area contributed by atoms with E-state index < -0.39 is 47.4 Å². The lowest BCUT2D eigenvalue weighted by molar-refractivity contribution is -0.138. The number of aliphatic hydroxyl groups excluding tert-OH is 1. The number of nitrogens with one attached hydrogen (secondary N) is 1. The Labute approximate surface area is 170 Å². The van der Waals surface area contributed by atoms with Crippen molar-refractivity contribution in [1.29, 1.82) is 0 Å². The van der Waals surface area contributed by atoms with Gasteiger partial charge >= 0.3 is 12.1 Å². The van der Waals surface area contributed by atoms with E-state index in [0.717, 1.165) is 12.5 Å². The first-order chi connectivity index (χ1) is 14.1. The molecule has 1 aromatic rings. The van der Waals surface area contributed by atoms with Gasteiger partial charge in [-0.1, -0.05) is 18.6 Å². The number of alkyl halides is 3. The molecule has 0 saturated heterocycles. The van der Waals surface area contributed by atoms with Gasteiger partial charge in [-0.15, -0.1) is 0 Å². The maximum Gasteiger partial charge on any atom is 0.416 e. The van der Waals surface area contributed by atoms with Crippen LogP contribution in [0.15, 0.2) is 29.5 Å². The van der Waals surface area contributed by atoms with Gasteiger partial charge in [-0.25, -0.2) is 0 Å². The van der Waals surface area contributed by atoms with Gasteiger partial charge in [-0.05, 0) is 36.0 Å². The van der Waals surface area contributed by atoms with E-state index in [9.17, 15) is 32.7 Å². The fraction of sp³-hybridized carbons (Fsp3) is 0.450. The van der Waals surface area contributed by atoms with Gasteiger partial charge in [0.15, 0.2) is 0 Å². The zero-order valence-electron chi connectivity index (χ0n) is 16.0. The number of carbonyl (C=O) groups is 3. The van der Waals surface area contributed by atoms with Crippen LogP contribution < -0.4 is 5.32 Å². The molecule has 0 unspecified atom stereocenters. The Balaban J connectivity index is 1.80. The summed E-state index contributed by atoms with van der Waals surface area (Å²) in [5.41, 5.74) is -0.515. The maximum absolute atomic E-state index is 13.3. The molecule has 0 atom stereocenters. The Morgan fingerprint density at radius 2 is 1.93 bits per heavy atom. The van der Waals surface area contributed by atoms with Gasteiger partial charge in [0.25, 0.3) is 11.8 Å². The van der Waals surface area contributed by atoms with E-state index in [1.165, 1.54) is 17.0 Å². The second-order valence-electron chi connectivity index (χ2n) is 7.42. The molecule has 1 aliphatic carbocycles. The van der Waals surface area contributed by atoms with Gasteiger partial charge in [0, 0.05) is 19.5 Å². The minimum absolute atomic E-state index is 0.0162. The predicted molar refractivity (Wildman–Crippen MR) is 98.4 cm³/mol. The average molecular weight is 426 g/mol. The first kappa shape index (κ1) is 21.7. The van der Waals surface area contributed by atoms with Gasteiger partial charge in [0.05, 0.1) is 5.56 Å². The summed E-state index contributed by atoms with van der Waals surface area (Å²) in [5.74, 6) is -3.72. The topological polar surface area (TPSA) is 107 Å². The SMILES string of the molecule is O=C(O)CNC(=O)C1=C(O)CCN(Cc2ccc(C(F)(F)F)c(C3CCC3)c2)C1=O. The average Bonchev–Trinajstić information content (AvgIpc) is 2.60. The quantitative estimate of drug-likeness (QED) is 0.607. The van der Waals surface area contributed by atoms with Crippen LogP contribution in [-0.4, -0.2) is 46.0 Å². The van der Waals surface area contributed by atoms with Crippen molar-refractivity contribution in [2.45, 2.75) is 44.3 Å². The largest absolute Gasteiger partial charge is 0.511 e. The van der Waals surface area contributed by atoms with Gasteiger partial charge in [0.2, 0.25) is 0 Å². The molecule has 1 saturated carbocycles. The molecule has 1 aliphatic heterocycles. The van der Waals surface area contributed by atoms with Gasteiger partial charge < -0.3 is 20.4 Å². The number of amides is 2. The fourth-order valence-corrected chi connectivity index (χ4v) is 3.62. The van der Waals surface area contributed by atoms with Crippen molar-refractivity contribution in [2.75, 3.05) is 13.1 Å². The number of rotatable bonds is 6. The van der Waals surface area contributed by atoms with Gasteiger partial charge in [-0.2, -0.15) is 13.2 Å². The Kier molecular flexibility index (Phi) is 6.04. The van der Waals surface area contributed by atoms with E-state index >= 15 is 0 Å². The number of hydrogen-bond acceptors (Lipinski definition) is 4. The number of carboxylic acid groups (broad SMARTS) is 1. The fourth-order valence-electron chi connectivity index (χ4n) is 3.62. The number of nitrogens with zero attached hydrogens (tertiary/aromatic N) is 1. The maximum atomic E-state index is 13.3. The van der Waals surface area contributed by atoms with Crippen molar-refractivity contribution in [1.82, 2.24) is 10.2 Å². The standard InChI is InChI=1S/C20H21F3N2O5/c21-20(22,23)14-5-4-11(8-13(14)12-2-1-3-12)10-25-7-6-15(26)17(19(25)30)18(29)24-9-16(27)28/h4-5,8,12,26H,1-3,6-7,9-10H2,(H,24,29)(H,27,28). The van der Waals surface area contributed by atoms with E-state index in [-0.39, 0.29) is 31.0 Å². The lowest BCUT2D eigenvalue weighted by Crippen LogP contribution is -2.43. The molecule has 162 valence electrons. The first-order valence-corrected chi connectivity index (χ1v) is 9.49. The lowest BCUT2D eigenvalue weighted by atomic mass is 9.77. The Morgan fingerprint density at radius 3 is 2.50 bits per heavy atom. The molecular formula is C20H21F3N2O5. The molecule has 3 N–H and O–H groups in total. The van der Waals surface area contributed by atoms with Crippen molar-refractivity contribution >= 4 is 17.8 Å². The number of aliphatic carboxylic acids is 1. The number of carboxylic acids is 1. The second kappa shape index (κ2) is 8.37. The summed E-state index contributed by atoms with van der Waals surface area (Å²) >= 11 is 0. The molecule has 3 rings (SSSR count). The molecule has 1 fully saturated rings. The van der Waals surface area contributed by atoms with Crippen molar-refractivity contribution < 1.29 is 37.8 Å². The van der Waals surface area contributed by atoms with E-state index in [1.54, 1.807) is 0 Å². The molecule has 0 bridgehead atoms. The summed E-state index contributed by atoms with van der Waals surface area (Å²) < 4.78 is 40.0. The van der Waals surface area contributed by atoms with Crippen LogP contribution in [0, 0.1) is 0 Å². The zero-order chi connectivity index (χ0) is 22.1. The molecule has 1 aromatic carbocycles. The van der Waals surface area contributed by atoms with Crippen LogP contribution >= 0.6 is 0 Å². The molecule has 0 aromatic heterocycles. The van der Waals surface area contributed by atoms with Crippen LogP contribution in [0.5, 0.6) is 0 Å². The normalized spacial score (nSPS) is 17.7. The molecular weight excluding hydrogens is 405 g/mol. The molecule has 7 nitrogen and oxygen atoms in total. The second-order valence-corrected chi connectivity index (χ2v) is 7.42. The van der Waals surface area contributed by atoms with Crippen LogP contribution in [0.2, 0.25) is 0 Å².